The lowest BCUT2D eigenvalue weighted by Gasteiger charge is -2.10. The molecule has 1 aromatic carbocycles. The molecular formula is C19H20N4O3. The lowest BCUT2D eigenvalue weighted by atomic mass is 10.3. The highest BCUT2D eigenvalue weighted by molar-refractivity contribution is 5.92. The van der Waals surface area contributed by atoms with E-state index in [2.05, 4.69) is 15.4 Å². The standard InChI is InChI=1S/C19H20N4O3/c1-25-15-7-9-16(10-8-15)26-14-3-6-18(24)22-17-5-2-11-20-19(17)23-13-4-12-21-23/h2,4-5,7-13H,3,6,14H2,1H3,(H,22,24). The lowest BCUT2D eigenvalue weighted by Crippen LogP contribution is -2.15. The first-order valence-corrected chi connectivity index (χ1v) is 8.28. The Balaban J connectivity index is 1.47. The molecule has 134 valence electrons. The predicted molar refractivity (Wildman–Crippen MR) is 97.7 cm³/mol. The van der Waals surface area contributed by atoms with Gasteiger partial charge in [0, 0.05) is 25.0 Å². The van der Waals surface area contributed by atoms with Crippen LogP contribution in [0.2, 0.25) is 0 Å². The summed E-state index contributed by atoms with van der Waals surface area (Å²) >= 11 is 0. The number of anilines is 1. The van der Waals surface area contributed by atoms with Gasteiger partial charge in [-0.1, -0.05) is 0 Å². The molecule has 2 aromatic heterocycles. The fourth-order valence-corrected chi connectivity index (χ4v) is 2.38. The van der Waals surface area contributed by atoms with Gasteiger partial charge < -0.3 is 14.8 Å². The van der Waals surface area contributed by atoms with E-state index in [9.17, 15) is 4.79 Å². The van der Waals surface area contributed by atoms with Crippen molar-refractivity contribution >= 4 is 11.6 Å². The van der Waals surface area contributed by atoms with E-state index in [0.29, 0.717) is 31.0 Å². The first kappa shape index (κ1) is 17.5. The van der Waals surface area contributed by atoms with Crippen molar-refractivity contribution in [2.45, 2.75) is 12.8 Å². The van der Waals surface area contributed by atoms with Crippen molar-refractivity contribution < 1.29 is 14.3 Å². The SMILES string of the molecule is COc1ccc(OCCCC(=O)Nc2cccnc2-n2cccn2)cc1. The van der Waals surface area contributed by atoms with E-state index in [0.717, 1.165) is 11.5 Å². The van der Waals surface area contributed by atoms with E-state index in [1.807, 2.05) is 24.3 Å². The molecule has 0 aliphatic carbocycles. The summed E-state index contributed by atoms with van der Waals surface area (Å²) in [5.74, 6) is 2.02. The molecule has 1 amide bonds. The number of nitrogens with zero attached hydrogens (tertiary/aromatic N) is 3. The first-order valence-electron chi connectivity index (χ1n) is 8.28. The van der Waals surface area contributed by atoms with Crippen molar-refractivity contribution in [3.8, 4) is 17.3 Å². The van der Waals surface area contributed by atoms with Crippen molar-refractivity contribution in [2.75, 3.05) is 19.0 Å². The molecule has 3 rings (SSSR count). The Morgan fingerprint density at radius 1 is 1.12 bits per heavy atom. The summed E-state index contributed by atoms with van der Waals surface area (Å²) in [6, 6.07) is 12.7. The monoisotopic (exact) mass is 352 g/mol. The van der Waals surface area contributed by atoms with Crippen LogP contribution in [0.3, 0.4) is 0 Å². The van der Waals surface area contributed by atoms with Crippen molar-refractivity contribution in [3.05, 3.63) is 61.1 Å². The summed E-state index contributed by atoms with van der Waals surface area (Å²) in [6.45, 7) is 0.457. The molecule has 7 nitrogen and oxygen atoms in total. The Bertz CT molecular complexity index is 832. The Hall–Kier alpha value is -3.35. The fourth-order valence-electron chi connectivity index (χ4n) is 2.38. The number of amides is 1. The maximum atomic E-state index is 12.2. The molecule has 0 saturated heterocycles. The maximum absolute atomic E-state index is 12.2. The van der Waals surface area contributed by atoms with Crippen LogP contribution in [-0.4, -0.2) is 34.4 Å². The second-order valence-electron chi connectivity index (χ2n) is 5.50. The second kappa shape index (κ2) is 8.66. The quantitative estimate of drug-likeness (QED) is 0.630. The van der Waals surface area contributed by atoms with Gasteiger partial charge in [0.25, 0.3) is 0 Å². The van der Waals surface area contributed by atoms with Crippen LogP contribution in [0.4, 0.5) is 5.69 Å². The average Bonchev–Trinajstić information content (AvgIpc) is 3.21. The zero-order valence-electron chi connectivity index (χ0n) is 14.5. The second-order valence-corrected chi connectivity index (χ2v) is 5.50. The Morgan fingerprint density at radius 3 is 2.65 bits per heavy atom. The average molecular weight is 352 g/mol. The molecule has 0 spiro atoms. The summed E-state index contributed by atoms with van der Waals surface area (Å²) in [5, 5.41) is 7.03. The number of hydrogen-bond acceptors (Lipinski definition) is 5. The number of methoxy groups -OCH3 is 1. The van der Waals surface area contributed by atoms with Gasteiger partial charge in [0.05, 0.1) is 19.4 Å². The zero-order chi connectivity index (χ0) is 18.2. The van der Waals surface area contributed by atoms with Gasteiger partial charge in [0.2, 0.25) is 5.91 Å². The van der Waals surface area contributed by atoms with Crippen molar-refractivity contribution in [1.29, 1.82) is 0 Å². The molecule has 0 unspecified atom stereocenters. The zero-order valence-corrected chi connectivity index (χ0v) is 14.5. The van der Waals surface area contributed by atoms with Crippen LogP contribution in [0, 0.1) is 0 Å². The topological polar surface area (TPSA) is 78.3 Å². The number of hydrogen-bond donors (Lipinski definition) is 1. The molecule has 0 saturated carbocycles. The molecule has 26 heavy (non-hydrogen) atoms. The van der Waals surface area contributed by atoms with Crippen LogP contribution in [0.5, 0.6) is 11.5 Å². The van der Waals surface area contributed by atoms with Gasteiger partial charge in [0.1, 0.15) is 11.5 Å². The molecule has 3 aromatic rings. The number of nitrogens with one attached hydrogen (secondary N) is 1. The molecule has 2 heterocycles. The van der Waals surface area contributed by atoms with E-state index in [1.165, 1.54) is 0 Å². The molecule has 0 bridgehead atoms. The van der Waals surface area contributed by atoms with Gasteiger partial charge in [-0.25, -0.2) is 9.67 Å². The van der Waals surface area contributed by atoms with Crippen LogP contribution in [0.25, 0.3) is 5.82 Å². The van der Waals surface area contributed by atoms with Crippen LogP contribution in [0.15, 0.2) is 61.1 Å². The van der Waals surface area contributed by atoms with E-state index in [1.54, 1.807) is 48.6 Å². The molecule has 0 fully saturated rings. The third-order valence-electron chi connectivity index (χ3n) is 3.66. The van der Waals surface area contributed by atoms with Crippen molar-refractivity contribution in [3.63, 3.8) is 0 Å². The minimum absolute atomic E-state index is 0.0928. The summed E-state index contributed by atoms with van der Waals surface area (Å²) in [6.07, 6.45) is 6.06. The molecule has 0 atom stereocenters. The van der Waals surface area contributed by atoms with Gasteiger partial charge in [-0.15, -0.1) is 0 Å². The third kappa shape index (κ3) is 4.60. The van der Waals surface area contributed by atoms with Gasteiger partial charge >= 0.3 is 0 Å². The number of ether oxygens (including phenoxy) is 2. The molecule has 0 aliphatic heterocycles. The van der Waals surface area contributed by atoms with Crippen LogP contribution in [-0.2, 0) is 4.79 Å². The van der Waals surface area contributed by atoms with E-state index < -0.39 is 0 Å². The number of carbonyl (C=O) groups is 1. The number of pyridine rings is 1. The summed E-state index contributed by atoms with van der Waals surface area (Å²) in [7, 11) is 1.62. The molecular weight excluding hydrogens is 332 g/mol. The highest BCUT2D eigenvalue weighted by atomic mass is 16.5. The van der Waals surface area contributed by atoms with Crippen molar-refractivity contribution in [1.82, 2.24) is 14.8 Å². The van der Waals surface area contributed by atoms with Crippen LogP contribution in [0.1, 0.15) is 12.8 Å². The maximum Gasteiger partial charge on any atom is 0.224 e. The van der Waals surface area contributed by atoms with Gasteiger partial charge in [-0.05, 0) is 48.9 Å². The largest absolute Gasteiger partial charge is 0.497 e. The van der Waals surface area contributed by atoms with Gasteiger partial charge in [-0.3, -0.25) is 4.79 Å². The third-order valence-corrected chi connectivity index (χ3v) is 3.66. The highest BCUT2D eigenvalue weighted by Crippen LogP contribution is 2.18. The van der Waals surface area contributed by atoms with Crippen molar-refractivity contribution in [2.24, 2.45) is 0 Å². The minimum atomic E-state index is -0.0928. The minimum Gasteiger partial charge on any atom is -0.497 e. The summed E-state index contributed by atoms with van der Waals surface area (Å²) in [5.41, 5.74) is 0.622. The fraction of sp³-hybridized carbons (Fsp3) is 0.211. The van der Waals surface area contributed by atoms with E-state index in [-0.39, 0.29) is 5.91 Å². The Morgan fingerprint density at radius 2 is 1.92 bits per heavy atom. The number of benzene rings is 1. The van der Waals surface area contributed by atoms with Gasteiger partial charge in [-0.2, -0.15) is 5.10 Å². The number of aromatic nitrogens is 3. The first-order chi connectivity index (χ1) is 12.8. The molecule has 7 heteroatoms. The summed E-state index contributed by atoms with van der Waals surface area (Å²) in [4.78, 5) is 16.5. The molecule has 0 aliphatic rings. The Labute approximate surface area is 151 Å². The smallest absolute Gasteiger partial charge is 0.224 e. The van der Waals surface area contributed by atoms with Crippen LogP contribution < -0.4 is 14.8 Å². The molecule has 0 radical (unpaired) electrons. The van der Waals surface area contributed by atoms with E-state index in [4.69, 9.17) is 9.47 Å². The number of rotatable bonds is 8. The summed E-state index contributed by atoms with van der Waals surface area (Å²) < 4.78 is 12.3. The lowest BCUT2D eigenvalue weighted by molar-refractivity contribution is -0.116. The molecule has 1 N–H and O–H groups in total. The highest BCUT2D eigenvalue weighted by Gasteiger charge is 2.09. The van der Waals surface area contributed by atoms with Crippen LogP contribution >= 0.6 is 0 Å². The van der Waals surface area contributed by atoms with E-state index >= 15 is 0 Å². The normalized spacial score (nSPS) is 10.3. The predicted octanol–water partition coefficient (Wildman–Crippen LogP) is 3.07. The van der Waals surface area contributed by atoms with Gasteiger partial charge in [0.15, 0.2) is 5.82 Å². The Kier molecular flexibility index (Phi) is 5.82. The number of carbonyl (C=O) groups excluding carboxylic acids is 1.